The van der Waals surface area contributed by atoms with Crippen molar-refractivity contribution in [2.24, 2.45) is 12.8 Å². The second kappa shape index (κ2) is 6.90. The Morgan fingerprint density at radius 1 is 1.38 bits per heavy atom. The lowest BCUT2D eigenvalue weighted by atomic mass is 10.2. The molecule has 2 rings (SSSR count). The van der Waals surface area contributed by atoms with E-state index >= 15 is 0 Å². The molecule has 1 aromatic heterocycles. The number of nitrogens with one attached hydrogen (secondary N) is 1. The maximum absolute atomic E-state index is 11.7. The van der Waals surface area contributed by atoms with E-state index in [1.165, 1.54) is 0 Å². The standard InChI is InChI=1S/C15H20N4O2/c1-11-13(9-19(2)18-11)8-17-15(20)10-21-14-5-3-12(7-16)4-6-14/h3-6,9H,7-8,10,16H2,1-2H3,(H,17,20). The quantitative estimate of drug-likeness (QED) is 0.827. The fourth-order valence-electron chi connectivity index (χ4n) is 1.94. The third kappa shape index (κ3) is 4.32. The van der Waals surface area contributed by atoms with Gasteiger partial charge < -0.3 is 15.8 Å². The van der Waals surface area contributed by atoms with Gasteiger partial charge in [-0.1, -0.05) is 12.1 Å². The number of aryl methyl sites for hydroxylation is 2. The molecule has 0 aliphatic heterocycles. The summed E-state index contributed by atoms with van der Waals surface area (Å²) in [6.45, 7) is 2.84. The van der Waals surface area contributed by atoms with E-state index in [-0.39, 0.29) is 12.5 Å². The summed E-state index contributed by atoms with van der Waals surface area (Å²) in [4.78, 5) is 11.7. The van der Waals surface area contributed by atoms with Crippen LogP contribution in [0.5, 0.6) is 5.75 Å². The van der Waals surface area contributed by atoms with Crippen LogP contribution in [0.2, 0.25) is 0 Å². The van der Waals surface area contributed by atoms with Gasteiger partial charge in [0.05, 0.1) is 5.69 Å². The molecule has 1 amide bonds. The third-order valence-electron chi connectivity index (χ3n) is 3.12. The van der Waals surface area contributed by atoms with Crippen molar-refractivity contribution >= 4 is 5.91 Å². The molecule has 112 valence electrons. The molecule has 2 aromatic rings. The Morgan fingerprint density at radius 3 is 2.67 bits per heavy atom. The molecular formula is C15H20N4O2. The topological polar surface area (TPSA) is 82.2 Å². The highest BCUT2D eigenvalue weighted by Crippen LogP contribution is 2.11. The van der Waals surface area contributed by atoms with Crippen LogP contribution in [0.4, 0.5) is 0 Å². The van der Waals surface area contributed by atoms with Crippen molar-refractivity contribution in [2.75, 3.05) is 6.61 Å². The van der Waals surface area contributed by atoms with Gasteiger partial charge in [0.2, 0.25) is 0 Å². The summed E-state index contributed by atoms with van der Waals surface area (Å²) in [6, 6.07) is 7.37. The summed E-state index contributed by atoms with van der Waals surface area (Å²) in [6.07, 6.45) is 1.89. The molecule has 0 fully saturated rings. The number of nitrogens with zero attached hydrogens (tertiary/aromatic N) is 2. The van der Waals surface area contributed by atoms with Crippen molar-refractivity contribution in [3.8, 4) is 5.75 Å². The molecule has 1 heterocycles. The normalized spacial score (nSPS) is 10.4. The monoisotopic (exact) mass is 288 g/mol. The zero-order valence-electron chi connectivity index (χ0n) is 12.3. The van der Waals surface area contributed by atoms with Crippen LogP contribution in [0.1, 0.15) is 16.8 Å². The Morgan fingerprint density at radius 2 is 2.10 bits per heavy atom. The molecule has 6 heteroatoms. The van der Waals surface area contributed by atoms with E-state index in [1.807, 2.05) is 32.3 Å². The predicted octanol–water partition coefficient (Wildman–Crippen LogP) is 0.882. The highest BCUT2D eigenvalue weighted by atomic mass is 16.5. The average Bonchev–Trinajstić information content (AvgIpc) is 2.81. The molecule has 0 saturated heterocycles. The molecule has 0 radical (unpaired) electrons. The van der Waals surface area contributed by atoms with Crippen molar-refractivity contribution in [3.63, 3.8) is 0 Å². The molecule has 0 aliphatic carbocycles. The molecule has 21 heavy (non-hydrogen) atoms. The van der Waals surface area contributed by atoms with Crippen LogP contribution in [0.25, 0.3) is 0 Å². The number of hydrogen-bond acceptors (Lipinski definition) is 4. The molecule has 0 bridgehead atoms. The largest absolute Gasteiger partial charge is 0.484 e. The van der Waals surface area contributed by atoms with Gasteiger partial charge in [0.25, 0.3) is 5.91 Å². The highest BCUT2D eigenvalue weighted by Gasteiger charge is 2.06. The first-order valence-corrected chi connectivity index (χ1v) is 6.76. The zero-order valence-corrected chi connectivity index (χ0v) is 12.3. The molecule has 6 nitrogen and oxygen atoms in total. The lowest BCUT2D eigenvalue weighted by molar-refractivity contribution is -0.123. The number of ether oxygens (including phenoxy) is 1. The van der Waals surface area contributed by atoms with Gasteiger partial charge in [0, 0.05) is 31.9 Å². The fraction of sp³-hybridized carbons (Fsp3) is 0.333. The number of carbonyl (C=O) groups excluding carboxylic acids is 1. The van der Waals surface area contributed by atoms with E-state index in [0.717, 1.165) is 16.8 Å². The van der Waals surface area contributed by atoms with Gasteiger partial charge in [-0.3, -0.25) is 9.48 Å². The van der Waals surface area contributed by atoms with Crippen LogP contribution in [-0.2, 0) is 24.9 Å². The first-order chi connectivity index (χ1) is 10.1. The Bertz CT molecular complexity index is 605. The average molecular weight is 288 g/mol. The van der Waals surface area contributed by atoms with Crippen LogP contribution in [0, 0.1) is 6.92 Å². The number of amides is 1. The maximum atomic E-state index is 11.7. The van der Waals surface area contributed by atoms with Gasteiger partial charge in [0.1, 0.15) is 5.75 Å². The number of nitrogens with two attached hydrogens (primary N) is 1. The van der Waals surface area contributed by atoms with Crippen LogP contribution in [-0.4, -0.2) is 22.3 Å². The SMILES string of the molecule is Cc1nn(C)cc1CNC(=O)COc1ccc(CN)cc1. The molecule has 0 saturated carbocycles. The van der Waals surface area contributed by atoms with E-state index in [4.69, 9.17) is 10.5 Å². The van der Waals surface area contributed by atoms with E-state index in [2.05, 4.69) is 10.4 Å². The number of hydrogen-bond donors (Lipinski definition) is 2. The van der Waals surface area contributed by atoms with E-state index in [9.17, 15) is 4.79 Å². The molecule has 1 aromatic carbocycles. The van der Waals surface area contributed by atoms with Gasteiger partial charge in [0.15, 0.2) is 6.61 Å². The minimum Gasteiger partial charge on any atom is -0.484 e. The fourth-order valence-corrected chi connectivity index (χ4v) is 1.94. The van der Waals surface area contributed by atoms with Gasteiger partial charge in [-0.05, 0) is 24.6 Å². The van der Waals surface area contributed by atoms with Crippen molar-refractivity contribution in [1.82, 2.24) is 15.1 Å². The van der Waals surface area contributed by atoms with Crippen molar-refractivity contribution in [3.05, 3.63) is 47.3 Å². The molecule has 0 aliphatic rings. The smallest absolute Gasteiger partial charge is 0.258 e. The number of aromatic nitrogens is 2. The summed E-state index contributed by atoms with van der Waals surface area (Å²) in [5, 5.41) is 7.03. The van der Waals surface area contributed by atoms with Crippen LogP contribution < -0.4 is 15.8 Å². The summed E-state index contributed by atoms with van der Waals surface area (Å²) in [5.41, 5.74) is 8.46. The molecule has 0 atom stereocenters. The minimum atomic E-state index is -0.166. The van der Waals surface area contributed by atoms with E-state index in [0.29, 0.717) is 18.8 Å². The number of carbonyl (C=O) groups is 1. The van der Waals surface area contributed by atoms with Crippen LogP contribution in [0.3, 0.4) is 0 Å². The van der Waals surface area contributed by atoms with Crippen LogP contribution >= 0.6 is 0 Å². The number of benzene rings is 1. The first-order valence-electron chi connectivity index (χ1n) is 6.76. The number of rotatable bonds is 6. The summed E-state index contributed by atoms with van der Waals surface area (Å²) in [7, 11) is 1.85. The van der Waals surface area contributed by atoms with Crippen molar-refractivity contribution in [1.29, 1.82) is 0 Å². The summed E-state index contributed by atoms with van der Waals surface area (Å²) in [5.74, 6) is 0.487. The van der Waals surface area contributed by atoms with E-state index < -0.39 is 0 Å². The zero-order chi connectivity index (χ0) is 15.2. The second-order valence-corrected chi connectivity index (χ2v) is 4.83. The lowest BCUT2D eigenvalue weighted by Crippen LogP contribution is -2.28. The molecular weight excluding hydrogens is 268 g/mol. The lowest BCUT2D eigenvalue weighted by Gasteiger charge is -2.07. The van der Waals surface area contributed by atoms with Crippen molar-refractivity contribution in [2.45, 2.75) is 20.0 Å². The molecule has 3 N–H and O–H groups in total. The van der Waals surface area contributed by atoms with E-state index in [1.54, 1.807) is 16.8 Å². The third-order valence-corrected chi connectivity index (χ3v) is 3.12. The Balaban J connectivity index is 1.78. The first kappa shape index (κ1) is 15.1. The van der Waals surface area contributed by atoms with Gasteiger partial charge in [-0.15, -0.1) is 0 Å². The van der Waals surface area contributed by atoms with Gasteiger partial charge in [-0.25, -0.2) is 0 Å². The maximum Gasteiger partial charge on any atom is 0.258 e. The predicted molar refractivity (Wildman–Crippen MR) is 79.6 cm³/mol. The Kier molecular flexibility index (Phi) is 4.94. The minimum absolute atomic E-state index is 0.0126. The van der Waals surface area contributed by atoms with Gasteiger partial charge >= 0.3 is 0 Å². The van der Waals surface area contributed by atoms with Crippen molar-refractivity contribution < 1.29 is 9.53 Å². The Hall–Kier alpha value is -2.34. The second-order valence-electron chi connectivity index (χ2n) is 4.83. The summed E-state index contributed by atoms with van der Waals surface area (Å²) < 4.78 is 7.15. The molecule has 0 spiro atoms. The van der Waals surface area contributed by atoms with Crippen LogP contribution in [0.15, 0.2) is 30.5 Å². The molecule has 0 unspecified atom stereocenters. The van der Waals surface area contributed by atoms with Gasteiger partial charge in [-0.2, -0.15) is 5.10 Å². The highest BCUT2D eigenvalue weighted by molar-refractivity contribution is 5.77. The summed E-state index contributed by atoms with van der Waals surface area (Å²) >= 11 is 0. The Labute approximate surface area is 123 Å².